The van der Waals surface area contributed by atoms with Crippen molar-refractivity contribution in [2.24, 2.45) is 0 Å². The van der Waals surface area contributed by atoms with Crippen LogP contribution < -0.4 is 9.80 Å². The topological polar surface area (TPSA) is 43.2 Å². The molecule has 0 unspecified atom stereocenters. The zero-order valence-electron chi connectivity index (χ0n) is 11.1. The second-order valence-corrected chi connectivity index (χ2v) is 5.80. The second-order valence-electron chi connectivity index (χ2n) is 4.69. The molecule has 0 spiro atoms. The highest BCUT2D eigenvalue weighted by Crippen LogP contribution is 2.32. The van der Waals surface area contributed by atoms with Crippen LogP contribution in [-0.4, -0.2) is 30.6 Å². The number of nitriles is 1. The van der Waals surface area contributed by atoms with Gasteiger partial charge in [0.05, 0.1) is 5.69 Å². The summed E-state index contributed by atoms with van der Waals surface area (Å²) in [5.74, 6) is -0.204. The lowest BCUT2D eigenvalue weighted by molar-refractivity contribution is 0.599. The summed E-state index contributed by atoms with van der Waals surface area (Å²) in [4.78, 5) is 4.10. The molecule has 0 aliphatic carbocycles. The van der Waals surface area contributed by atoms with E-state index in [2.05, 4.69) is 15.3 Å². The first-order valence-corrected chi connectivity index (χ1v) is 7.65. The van der Waals surface area contributed by atoms with Crippen molar-refractivity contribution < 1.29 is 4.39 Å². The third kappa shape index (κ3) is 2.67. The molecule has 0 amide bonds. The molecule has 2 heterocycles. The van der Waals surface area contributed by atoms with Crippen LogP contribution in [0.15, 0.2) is 24.3 Å². The van der Waals surface area contributed by atoms with Gasteiger partial charge in [0, 0.05) is 26.2 Å². The normalized spacial score (nSPS) is 15.1. The number of hydrogen-bond acceptors (Lipinski definition) is 5. The third-order valence-corrected chi connectivity index (χ3v) is 4.79. The molecule has 1 aromatic carbocycles. The Hall–Kier alpha value is -1.84. The molecule has 1 saturated heterocycles. The van der Waals surface area contributed by atoms with Gasteiger partial charge in [0.15, 0.2) is 5.15 Å². The van der Waals surface area contributed by atoms with Crippen LogP contribution in [0.4, 0.5) is 15.1 Å². The predicted octanol–water partition coefficient (Wildman–Crippen LogP) is 3.13. The van der Waals surface area contributed by atoms with Gasteiger partial charge in [-0.2, -0.15) is 9.64 Å². The molecule has 2 aromatic rings. The highest BCUT2D eigenvalue weighted by atomic mass is 35.5. The first kappa shape index (κ1) is 14.1. The van der Waals surface area contributed by atoms with E-state index in [4.69, 9.17) is 16.9 Å². The fourth-order valence-electron chi connectivity index (χ4n) is 2.43. The number of para-hydroxylation sites is 1. The zero-order valence-corrected chi connectivity index (χ0v) is 12.7. The van der Waals surface area contributed by atoms with Gasteiger partial charge in [0.1, 0.15) is 22.5 Å². The van der Waals surface area contributed by atoms with E-state index in [1.165, 1.54) is 17.6 Å². The standard InChI is InChI=1S/C14H12ClFN4S/c15-13-10(9-17)14(21-18-13)20-7-5-19(6-8-20)12-4-2-1-3-11(12)16/h1-4H,5-8H2. The van der Waals surface area contributed by atoms with Crippen molar-refractivity contribution in [3.05, 3.63) is 40.8 Å². The summed E-state index contributed by atoms with van der Waals surface area (Å²) in [6, 6.07) is 8.87. The molecular formula is C14H12ClFN4S. The molecule has 4 nitrogen and oxygen atoms in total. The summed E-state index contributed by atoms with van der Waals surface area (Å²) in [5.41, 5.74) is 1.06. The lowest BCUT2D eigenvalue weighted by Crippen LogP contribution is -2.46. The molecular weight excluding hydrogens is 311 g/mol. The van der Waals surface area contributed by atoms with E-state index in [0.29, 0.717) is 37.4 Å². The van der Waals surface area contributed by atoms with Crippen LogP contribution in [0.1, 0.15) is 5.56 Å². The maximum atomic E-state index is 13.8. The largest absolute Gasteiger partial charge is 0.366 e. The number of halogens is 2. The molecule has 1 fully saturated rings. The van der Waals surface area contributed by atoms with Crippen molar-refractivity contribution in [1.29, 1.82) is 5.26 Å². The molecule has 1 aliphatic heterocycles. The highest BCUT2D eigenvalue weighted by Gasteiger charge is 2.24. The molecule has 1 aliphatic rings. The Morgan fingerprint density at radius 1 is 1.19 bits per heavy atom. The Kier molecular flexibility index (Phi) is 3.95. The first-order valence-electron chi connectivity index (χ1n) is 6.50. The van der Waals surface area contributed by atoms with E-state index in [1.807, 2.05) is 11.0 Å². The van der Waals surface area contributed by atoms with Gasteiger partial charge in [0.2, 0.25) is 0 Å². The summed E-state index contributed by atoms with van der Waals surface area (Å²) < 4.78 is 17.8. The second kappa shape index (κ2) is 5.88. The number of hydrogen-bond donors (Lipinski definition) is 0. The van der Waals surface area contributed by atoms with Crippen molar-refractivity contribution in [2.45, 2.75) is 0 Å². The maximum Gasteiger partial charge on any atom is 0.162 e. The fraction of sp³-hybridized carbons (Fsp3) is 0.286. The number of benzene rings is 1. The number of anilines is 2. The average Bonchev–Trinajstić information content (AvgIpc) is 2.89. The number of aromatic nitrogens is 1. The lowest BCUT2D eigenvalue weighted by atomic mass is 10.2. The van der Waals surface area contributed by atoms with E-state index < -0.39 is 0 Å². The first-order chi connectivity index (χ1) is 10.2. The minimum absolute atomic E-state index is 0.204. The molecule has 1 aromatic heterocycles. The van der Waals surface area contributed by atoms with Gasteiger partial charge in [-0.15, -0.1) is 0 Å². The van der Waals surface area contributed by atoms with Crippen LogP contribution >= 0.6 is 23.1 Å². The summed E-state index contributed by atoms with van der Waals surface area (Å²) in [6.45, 7) is 2.81. The van der Waals surface area contributed by atoms with Crippen molar-refractivity contribution in [3.63, 3.8) is 0 Å². The van der Waals surface area contributed by atoms with E-state index in [1.54, 1.807) is 12.1 Å². The average molecular weight is 323 g/mol. The van der Waals surface area contributed by atoms with E-state index >= 15 is 0 Å². The molecule has 21 heavy (non-hydrogen) atoms. The van der Waals surface area contributed by atoms with E-state index in [-0.39, 0.29) is 11.0 Å². The van der Waals surface area contributed by atoms with Crippen molar-refractivity contribution in [3.8, 4) is 6.07 Å². The van der Waals surface area contributed by atoms with Gasteiger partial charge < -0.3 is 9.80 Å². The number of piperazine rings is 1. The van der Waals surface area contributed by atoms with Gasteiger partial charge in [-0.1, -0.05) is 23.7 Å². The Morgan fingerprint density at radius 2 is 1.86 bits per heavy atom. The van der Waals surface area contributed by atoms with Gasteiger partial charge >= 0.3 is 0 Å². The Labute approximate surface area is 131 Å². The smallest absolute Gasteiger partial charge is 0.162 e. The van der Waals surface area contributed by atoms with Crippen LogP contribution in [0, 0.1) is 17.1 Å². The summed E-state index contributed by atoms with van der Waals surface area (Å²) in [7, 11) is 0. The quantitative estimate of drug-likeness (QED) is 0.852. The number of rotatable bonds is 2. The molecule has 3 rings (SSSR count). The van der Waals surface area contributed by atoms with Crippen LogP contribution in [0.2, 0.25) is 5.15 Å². The fourth-order valence-corrected chi connectivity index (χ4v) is 3.51. The van der Waals surface area contributed by atoms with Crippen LogP contribution in [-0.2, 0) is 0 Å². The Bertz CT molecular complexity index is 689. The van der Waals surface area contributed by atoms with Crippen LogP contribution in [0.3, 0.4) is 0 Å². The van der Waals surface area contributed by atoms with Crippen molar-refractivity contribution in [2.75, 3.05) is 36.0 Å². The Balaban J connectivity index is 1.74. The molecule has 7 heteroatoms. The summed E-state index contributed by atoms with van der Waals surface area (Å²) in [6.07, 6.45) is 0. The molecule has 108 valence electrons. The number of nitrogens with zero attached hydrogens (tertiary/aromatic N) is 4. The zero-order chi connectivity index (χ0) is 14.8. The summed E-state index contributed by atoms with van der Waals surface area (Å²) in [5, 5.41) is 10.2. The third-order valence-electron chi connectivity index (χ3n) is 3.50. The van der Waals surface area contributed by atoms with E-state index in [9.17, 15) is 4.39 Å². The SMILES string of the molecule is N#Cc1c(Cl)nsc1N1CCN(c2ccccc2F)CC1. The predicted molar refractivity (Wildman–Crippen MR) is 82.7 cm³/mol. The maximum absolute atomic E-state index is 13.8. The minimum Gasteiger partial charge on any atom is -0.366 e. The molecule has 0 atom stereocenters. The Morgan fingerprint density at radius 3 is 2.52 bits per heavy atom. The van der Waals surface area contributed by atoms with E-state index in [0.717, 1.165) is 5.00 Å². The highest BCUT2D eigenvalue weighted by molar-refractivity contribution is 7.10. The summed E-state index contributed by atoms with van der Waals surface area (Å²) >= 11 is 7.14. The molecule has 0 radical (unpaired) electrons. The molecule has 0 saturated carbocycles. The van der Waals surface area contributed by atoms with Gasteiger partial charge in [0.25, 0.3) is 0 Å². The van der Waals surface area contributed by atoms with Crippen LogP contribution in [0.5, 0.6) is 0 Å². The molecule has 0 bridgehead atoms. The van der Waals surface area contributed by atoms with Gasteiger partial charge in [-0.25, -0.2) is 4.39 Å². The monoisotopic (exact) mass is 322 g/mol. The lowest BCUT2D eigenvalue weighted by Gasteiger charge is -2.36. The van der Waals surface area contributed by atoms with Crippen molar-refractivity contribution in [1.82, 2.24) is 4.37 Å². The van der Waals surface area contributed by atoms with Gasteiger partial charge in [-0.05, 0) is 23.7 Å². The molecule has 0 N–H and O–H groups in total. The van der Waals surface area contributed by atoms with Crippen molar-refractivity contribution >= 4 is 33.8 Å². The van der Waals surface area contributed by atoms with Crippen LogP contribution in [0.25, 0.3) is 0 Å². The minimum atomic E-state index is -0.204. The van der Waals surface area contributed by atoms with Gasteiger partial charge in [-0.3, -0.25) is 0 Å².